The summed E-state index contributed by atoms with van der Waals surface area (Å²) >= 11 is 6.08. The van der Waals surface area contributed by atoms with Gasteiger partial charge in [-0.3, -0.25) is 4.79 Å². The number of carbonyl (C=O) groups excluding carboxylic acids is 1. The van der Waals surface area contributed by atoms with Gasteiger partial charge in [-0.1, -0.05) is 16.8 Å². The molecular weight excluding hydrogens is 466 g/mol. The lowest BCUT2D eigenvalue weighted by Gasteiger charge is -2.34. The van der Waals surface area contributed by atoms with Crippen LogP contribution in [0.15, 0.2) is 22.7 Å². The zero-order chi connectivity index (χ0) is 24.4. The largest absolute Gasteiger partial charge is 0.356 e. The first-order chi connectivity index (χ1) is 16.8. The summed E-state index contributed by atoms with van der Waals surface area (Å²) in [4.78, 5) is 15.0. The zero-order valence-electron chi connectivity index (χ0n) is 20.9. The minimum absolute atomic E-state index is 0.0885. The van der Waals surface area contributed by atoms with Gasteiger partial charge in [0.2, 0.25) is 5.91 Å². The van der Waals surface area contributed by atoms with E-state index in [0.717, 1.165) is 61.4 Å². The summed E-state index contributed by atoms with van der Waals surface area (Å²) in [7, 11) is 0. The number of benzene rings is 1. The summed E-state index contributed by atoms with van der Waals surface area (Å²) in [6.45, 7) is 7.67. The molecule has 3 heterocycles. The van der Waals surface area contributed by atoms with E-state index in [0.29, 0.717) is 30.0 Å². The van der Waals surface area contributed by atoms with Crippen LogP contribution in [0.4, 0.5) is 0 Å². The van der Waals surface area contributed by atoms with E-state index in [1.807, 2.05) is 32.0 Å². The molecule has 1 N–H and O–H groups in total. The summed E-state index contributed by atoms with van der Waals surface area (Å²) in [6.07, 6.45) is 8.30. The number of piperidine rings is 1. The number of fused-ring (bicyclic) bond motifs is 1. The van der Waals surface area contributed by atoms with Gasteiger partial charge in [0.25, 0.3) is 0 Å². The predicted molar refractivity (Wildman–Crippen MR) is 135 cm³/mol. The number of rotatable bonds is 7. The fourth-order valence-corrected chi connectivity index (χ4v) is 6.14. The number of aromatic nitrogens is 1. The van der Waals surface area contributed by atoms with Crippen LogP contribution in [0, 0.1) is 5.92 Å². The quantitative estimate of drug-likeness (QED) is 0.554. The van der Waals surface area contributed by atoms with Crippen LogP contribution in [0.3, 0.4) is 0 Å². The molecule has 5 rings (SSSR count). The number of ether oxygens (including phenoxy) is 2. The molecule has 35 heavy (non-hydrogen) atoms. The second-order valence-corrected chi connectivity index (χ2v) is 11.5. The molecule has 7 nitrogen and oxygen atoms in total. The molecule has 3 aliphatic rings. The molecule has 2 aromatic rings. The molecule has 1 atom stereocenters. The summed E-state index contributed by atoms with van der Waals surface area (Å²) < 4.78 is 16.9. The van der Waals surface area contributed by atoms with Crippen molar-refractivity contribution in [2.75, 3.05) is 26.2 Å². The Hall–Kier alpha value is -1.67. The molecule has 2 saturated heterocycles. The first-order valence-electron chi connectivity index (χ1n) is 13.2. The molecule has 1 unspecified atom stereocenters. The van der Waals surface area contributed by atoms with Gasteiger partial charge in [0.1, 0.15) is 0 Å². The van der Waals surface area contributed by atoms with E-state index in [4.69, 9.17) is 25.6 Å². The highest BCUT2D eigenvalue weighted by Crippen LogP contribution is 2.34. The van der Waals surface area contributed by atoms with Crippen molar-refractivity contribution < 1.29 is 18.8 Å². The van der Waals surface area contributed by atoms with Gasteiger partial charge in [-0.05, 0) is 96.5 Å². The summed E-state index contributed by atoms with van der Waals surface area (Å²) in [5, 5.41) is 9.38. The second-order valence-electron chi connectivity index (χ2n) is 11.1. The minimum atomic E-state index is -0.572. The van der Waals surface area contributed by atoms with Gasteiger partial charge in [-0.2, -0.15) is 0 Å². The van der Waals surface area contributed by atoms with Crippen molar-refractivity contribution in [3.63, 3.8) is 0 Å². The molecule has 1 aliphatic carbocycles. The maximum atomic E-state index is 12.4. The van der Waals surface area contributed by atoms with Gasteiger partial charge in [-0.15, -0.1) is 0 Å². The van der Waals surface area contributed by atoms with Gasteiger partial charge >= 0.3 is 0 Å². The Morgan fingerprint density at radius 3 is 2.66 bits per heavy atom. The van der Waals surface area contributed by atoms with Crippen molar-refractivity contribution in [1.82, 2.24) is 15.4 Å². The number of amides is 1. The monoisotopic (exact) mass is 503 g/mol. The Morgan fingerprint density at radius 2 is 1.94 bits per heavy atom. The van der Waals surface area contributed by atoms with Crippen LogP contribution in [-0.4, -0.2) is 60.1 Å². The molecule has 2 aliphatic heterocycles. The van der Waals surface area contributed by atoms with Crippen LogP contribution in [0.25, 0.3) is 11.0 Å². The van der Waals surface area contributed by atoms with E-state index in [9.17, 15) is 4.79 Å². The summed E-state index contributed by atoms with van der Waals surface area (Å²) in [5.41, 5.74) is 1.87. The van der Waals surface area contributed by atoms with Gasteiger partial charge in [0, 0.05) is 28.4 Å². The molecule has 1 saturated carbocycles. The Kier molecular flexibility index (Phi) is 7.68. The molecule has 192 valence electrons. The van der Waals surface area contributed by atoms with Gasteiger partial charge in [0.15, 0.2) is 11.4 Å². The van der Waals surface area contributed by atoms with Crippen molar-refractivity contribution in [1.29, 1.82) is 0 Å². The lowest BCUT2D eigenvalue weighted by molar-refractivity contribution is -0.143. The second kappa shape index (κ2) is 10.8. The van der Waals surface area contributed by atoms with Crippen LogP contribution in [0.5, 0.6) is 0 Å². The number of likely N-dealkylation sites (tertiary alicyclic amines) is 1. The van der Waals surface area contributed by atoms with Crippen LogP contribution < -0.4 is 5.32 Å². The molecule has 1 aromatic carbocycles. The van der Waals surface area contributed by atoms with E-state index >= 15 is 0 Å². The SMILES string of the molecule is CC1(C)OCC(CC(=O)N[C@H]2CC[C@H](CCN3CCC(c4noc5cc(Cl)ccc45)CC3)CC2)O1. The summed E-state index contributed by atoms with van der Waals surface area (Å²) in [6, 6.07) is 6.10. The molecular formula is C27H38ClN3O4. The first kappa shape index (κ1) is 25.0. The van der Waals surface area contributed by atoms with Crippen molar-refractivity contribution in [2.45, 2.75) is 89.1 Å². The van der Waals surface area contributed by atoms with E-state index in [2.05, 4.69) is 15.4 Å². The molecule has 0 bridgehead atoms. The zero-order valence-corrected chi connectivity index (χ0v) is 21.7. The third kappa shape index (κ3) is 6.37. The van der Waals surface area contributed by atoms with Gasteiger partial charge < -0.3 is 24.2 Å². The van der Waals surface area contributed by atoms with Gasteiger partial charge in [0.05, 0.1) is 24.8 Å². The highest BCUT2D eigenvalue weighted by Gasteiger charge is 2.34. The number of carbonyl (C=O) groups is 1. The highest BCUT2D eigenvalue weighted by atomic mass is 35.5. The van der Waals surface area contributed by atoms with Crippen LogP contribution >= 0.6 is 11.6 Å². The lowest BCUT2D eigenvalue weighted by Crippen LogP contribution is -2.40. The van der Waals surface area contributed by atoms with Crippen LogP contribution in [0.2, 0.25) is 5.02 Å². The average Bonchev–Trinajstić information content (AvgIpc) is 3.40. The third-order valence-electron chi connectivity index (χ3n) is 7.98. The first-order valence-corrected chi connectivity index (χ1v) is 13.6. The number of nitrogens with one attached hydrogen (secondary N) is 1. The van der Waals surface area contributed by atoms with Gasteiger partial charge in [-0.25, -0.2) is 0 Å². The normalized spacial score (nSPS) is 27.9. The average molecular weight is 504 g/mol. The fourth-order valence-electron chi connectivity index (χ4n) is 5.97. The van der Waals surface area contributed by atoms with E-state index in [1.165, 1.54) is 25.8 Å². The standard InChI is InChI=1S/C27H38ClN3O4/c1-27(2)33-17-22(34-27)16-25(32)29-21-6-3-18(4-7-21)9-12-31-13-10-19(11-14-31)26-23-8-5-20(28)15-24(23)35-30-26/h5,8,15,18-19,21-22H,3-4,6-7,9-14,16-17H2,1-2H3,(H,29,32)/t18-,21-,22?. The lowest BCUT2D eigenvalue weighted by atomic mass is 9.83. The van der Waals surface area contributed by atoms with Crippen molar-refractivity contribution in [2.24, 2.45) is 5.92 Å². The molecule has 0 spiro atoms. The maximum Gasteiger partial charge on any atom is 0.222 e. The van der Waals surface area contributed by atoms with Crippen LogP contribution in [-0.2, 0) is 14.3 Å². The molecule has 1 aromatic heterocycles. The highest BCUT2D eigenvalue weighted by molar-refractivity contribution is 6.31. The third-order valence-corrected chi connectivity index (χ3v) is 8.22. The summed E-state index contributed by atoms with van der Waals surface area (Å²) in [5.74, 6) is 0.737. The van der Waals surface area contributed by atoms with Crippen molar-refractivity contribution in [3.8, 4) is 0 Å². The number of hydrogen-bond acceptors (Lipinski definition) is 6. The Balaban J connectivity index is 0.989. The molecule has 3 fully saturated rings. The smallest absolute Gasteiger partial charge is 0.222 e. The Bertz CT molecular complexity index is 1010. The number of halogens is 1. The van der Waals surface area contributed by atoms with E-state index in [1.54, 1.807) is 0 Å². The molecule has 0 radical (unpaired) electrons. The van der Waals surface area contributed by atoms with E-state index in [-0.39, 0.29) is 12.0 Å². The molecule has 8 heteroatoms. The maximum absolute atomic E-state index is 12.4. The Morgan fingerprint density at radius 1 is 1.17 bits per heavy atom. The minimum Gasteiger partial charge on any atom is -0.356 e. The van der Waals surface area contributed by atoms with Crippen molar-refractivity contribution in [3.05, 3.63) is 28.9 Å². The number of hydrogen-bond donors (Lipinski definition) is 1. The van der Waals surface area contributed by atoms with Crippen LogP contribution in [0.1, 0.15) is 76.8 Å². The number of nitrogens with zero attached hydrogens (tertiary/aromatic N) is 2. The van der Waals surface area contributed by atoms with E-state index < -0.39 is 5.79 Å². The fraction of sp³-hybridized carbons (Fsp3) is 0.704. The Labute approximate surface area is 212 Å². The topological polar surface area (TPSA) is 76.8 Å². The predicted octanol–water partition coefficient (Wildman–Crippen LogP) is 5.27. The molecule has 1 amide bonds. The van der Waals surface area contributed by atoms with Crippen molar-refractivity contribution >= 4 is 28.5 Å².